The summed E-state index contributed by atoms with van der Waals surface area (Å²) in [6.07, 6.45) is 1.37. The average molecular weight is 280 g/mol. The van der Waals surface area contributed by atoms with E-state index in [1.165, 1.54) is 11.1 Å². The van der Waals surface area contributed by atoms with Gasteiger partial charge in [-0.3, -0.25) is 4.79 Å². The van der Waals surface area contributed by atoms with Crippen molar-refractivity contribution in [3.05, 3.63) is 64.7 Å². The second-order valence-electron chi connectivity index (χ2n) is 5.73. The van der Waals surface area contributed by atoms with Crippen molar-refractivity contribution in [1.29, 1.82) is 0 Å². The number of amides is 1. The Morgan fingerprint density at radius 2 is 1.71 bits per heavy atom. The first kappa shape index (κ1) is 13.8. The lowest BCUT2D eigenvalue weighted by molar-refractivity contribution is -0.118. The molecule has 0 radical (unpaired) electrons. The molecule has 21 heavy (non-hydrogen) atoms. The summed E-state index contributed by atoms with van der Waals surface area (Å²) in [7, 11) is 1.83. The number of rotatable bonds is 2. The van der Waals surface area contributed by atoms with Gasteiger partial charge in [-0.15, -0.1) is 0 Å². The Labute approximate surface area is 125 Å². The lowest BCUT2D eigenvalue weighted by atomic mass is 9.93. The Bertz CT molecular complexity index is 676. The predicted molar refractivity (Wildman–Crippen MR) is 85.4 cm³/mol. The summed E-state index contributed by atoms with van der Waals surface area (Å²) < 4.78 is 0. The minimum atomic E-state index is -0.126. The van der Waals surface area contributed by atoms with Gasteiger partial charge in [0.1, 0.15) is 0 Å². The van der Waals surface area contributed by atoms with Crippen molar-refractivity contribution < 1.29 is 4.79 Å². The quantitative estimate of drug-likeness (QED) is 0.919. The van der Waals surface area contributed by atoms with Gasteiger partial charge in [-0.2, -0.15) is 0 Å². The van der Waals surface area contributed by atoms with Gasteiger partial charge in [0.25, 0.3) is 0 Å². The van der Waals surface area contributed by atoms with Crippen molar-refractivity contribution in [3.63, 3.8) is 0 Å². The molecule has 1 unspecified atom stereocenters. The highest BCUT2D eigenvalue weighted by Gasteiger charge is 2.21. The first-order chi connectivity index (χ1) is 10.1. The molecule has 0 bridgehead atoms. The molecule has 108 valence electrons. The van der Waals surface area contributed by atoms with Gasteiger partial charge in [-0.05, 0) is 36.1 Å². The van der Waals surface area contributed by atoms with Gasteiger partial charge in [0.05, 0.1) is 6.04 Å². The van der Waals surface area contributed by atoms with Crippen LogP contribution >= 0.6 is 0 Å². The smallest absolute Gasteiger partial charge is 0.227 e. The van der Waals surface area contributed by atoms with Crippen LogP contribution in [0.4, 0.5) is 5.69 Å². The first-order valence-corrected chi connectivity index (χ1v) is 7.28. The van der Waals surface area contributed by atoms with Crippen LogP contribution in [0.15, 0.2) is 42.5 Å². The number of carbonyl (C=O) groups excluding carboxylic acids is 1. The molecule has 0 aromatic heterocycles. The van der Waals surface area contributed by atoms with Crippen molar-refractivity contribution in [2.45, 2.75) is 25.8 Å². The molecule has 1 aliphatic heterocycles. The molecule has 1 aliphatic rings. The van der Waals surface area contributed by atoms with E-state index in [-0.39, 0.29) is 11.9 Å². The molecule has 2 aromatic carbocycles. The minimum absolute atomic E-state index is 0.126. The van der Waals surface area contributed by atoms with E-state index in [4.69, 9.17) is 5.73 Å². The van der Waals surface area contributed by atoms with Gasteiger partial charge in [-0.25, -0.2) is 0 Å². The predicted octanol–water partition coefficient (Wildman–Crippen LogP) is 2.95. The molecule has 0 fully saturated rings. The van der Waals surface area contributed by atoms with E-state index in [1.54, 1.807) is 4.90 Å². The van der Waals surface area contributed by atoms with Crippen LogP contribution in [0.2, 0.25) is 0 Å². The molecule has 3 heteroatoms. The number of hydrogen-bond donors (Lipinski definition) is 1. The maximum Gasteiger partial charge on any atom is 0.227 e. The lowest BCUT2D eigenvalue weighted by Crippen LogP contribution is -2.31. The third kappa shape index (κ3) is 2.57. The van der Waals surface area contributed by atoms with Crippen molar-refractivity contribution >= 4 is 11.6 Å². The number of benzene rings is 2. The highest BCUT2D eigenvalue weighted by atomic mass is 16.2. The van der Waals surface area contributed by atoms with E-state index in [1.807, 2.05) is 19.2 Å². The molecule has 2 aromatic rings. The summed E-state index contributed by atoms with van der Waals surface area (Å²) in [6.45, 7) is 2.07. The van der Waals surface area contributed by atoms with Crippen LogP contribution in [0, 0.1) is 6.92 Å². The highest BCUT2D eigenvalue weighted by Crippen LogP contribution is 2.30. The van der Waals surface area contributed by atoms with Crippen LogP contribution < -0.4 is 10.6 Å². The largest absolute Gasteiger partial charge is 0.320 e. The molecule has 0 spiro atoms. The Morgan fingerprint density at radius 1 is 1.05 bits per heavy atom. The van der Waals surface area contributed by atoms with Gasteiger partial charge >= 0.3 is 0 Å². The Balaban J connectivity index is 1.93. The van der Waals surface area contributed by atoms with E-state index in [9.17, 15) is 4.79 Å². The van der Waals surface area contributed by atoms with Gasteiger partial charge in [0.2, 0.25) is 5.91 Å². The van der Waals surface area contributed by atoms with E-state index in [0.29, 0.717) is 6.42 Å². The van der Waals surface area contributed by atoms with Crippen molar-refractivity contribution in [2.24, 2.45) is 5.73 Å². The second kappa shape index (κ2) is 5.34. The zero-order valence-corrected chi connectivity index (χ0v) is 12.5. The van der Waals surface area contributed by atoms with Crippen LogP contribution in [-0.4, -0.2) is 13.0 Å². The van der Waals surface area contributed by atoms with Gasteiger partial charge in [0.15, 0.2) is 0 Å². The Hall–Kier alpha value is -2.13. The number of anilines is 1. The molecule has 3 rings (SSSR count). The molecule has 1 amide bonds. The molecule has 2 N–H and O–H groups in total. The summed E-state index contributed by atoms with van der Waals surface area (Å²) >= 11 is 0. The number of nitrogens with two attached hydrogens (primary N) is 1. The van der Waals surface area contributed by atoms with Crippen molar-refractivity contribution in [1.82, 2.24) is 0 Å². The van der Waals surface area contributed by atoms with E-state index in [0.717, 1.165) is 23.2 Å². The maximum atomic E-state index is 11.7. The third-order valence-electron chi connectivity index (χ3n) is 4.24. The van der Waals surface area contributed by atoms with Crippen LogP contribution in [0.3, 0.4) is 0 Å². The normalized spacial score (nSPS) is 15.8. The minimum Gasteiger partial charge on any atom is -0.320 e. The van der Waals surface area contributed by atoms with E-state index < -0.39 is 0 Å². The molecule has 0 saturated carbocycles. The number of aryl methyl sites for hydroxylation is 2. The molecular weight excluding hydrogens is 260 g/mol. The molecule has 1 atom stereocenters. The summed E-state index contributed by atoms with van der Waals surface area (Å²) in [5, 5.41) is 0. The molecule has 0 saturated heterocycles. The summed E-state index contributed by atoms with van der Waals surface area (Å²) in [6, 6.07) is 14.4. The summed E-state index contributed by atoms with van der Waals surface area (Å²) in [4.78, 5) is 13.5. The Morgan fingerprint density at radius 3 is 2.43 bits per heavy atom. The van der Waals surface area contributed by atoms with Crippen LogP contribution in [0.1, 0.15) is 34.7 Å². The standard InChI is InChI=1S/C18H20N2O/c1-12-3-5-13(6-4-12)18(19)15-7-9-16-14(11-15)8-10-17(21)20(16)2/h3-7,9,11,18H,8,10,19H2,1-2H3. The second-order valence-corrected chi connectivity index (χ2v) is 5.73. The topological polar surface area (TPSA) is 46.3 Å². The van der Waals surface area contributed by atoms with E-state index in [2.05, 4.69) is 37.3 Å². The van der Waals surface area contributed by atoms with Gasteiger partial charge in [0, 0.05) is 19.2 Å². The molecule has 3 nitrogen and oxygen atoms in total. The summed E-state index contributed by atoms with van der Waals surface area (Å²) in [5.74, 6) is 0.179. The number of hydrogen-bond acceptors (Lipinski definition) is 2. The van der Waals surface area contributed by atoms with Gasteiger partial charge in [-0.1, -0.05) is 42.0 Å². The number of carbonyl (C=O) groups is 1. The molecule has 1 heterocycles. The number of fused-ring (bicyclic) bond motifs is 1. The van der Waals surface area contributed by atoms with Gasteiger partial charge < -0.3 is 10.6 Å². The molecule has 0 aliphatic carbocycles. The fourth-order valence-electron chi connectivity index (χ4n) is 2.84. The highest BCUT2D eigenvalue weighted by molar-refractivity contribution is 5.95. The fraction of sp³-hybridized carbons (Fsp3) is 0.278. The van der Waals surface area contributed by atoms with Crippen LogP contribution in [0.5, 0.6) is 0 Å². The van der Waals surface area contributed by atoms with Crippen LogP contribution in [0.25, 0.3) is 0 Å². The van der Waals surface area contributed by atoms with Crippen LogP contribution in [-0.2, 0) is 11.2 Å². The number of nitrogens with zero attached hydrogens (tertiary/aromatic N) is 1. The maximum absolute atomic E-state index is 11.7. The zero-order valence-electron chi connectivity index (χ0n) is 12.5. The van der Waals surface area contributed by atoms with Crippen molar-refractivity contribution in [2.75, 3.05) is 11.9 Å². The SMILES string of the molecule is Cc1ccc(C(N)c2ccc3c(c2)CCC(=O)N3C)cc1. The Kier molecular flexibility index (Phi) is 3.52. The lowest BCUT2D eigenvalue weighted by Gasteiger charge is -2.27. The average Bonchev–Trinajstić information content (AvgIpc) is 2.51. The monoisotopic (exact) mass is 280 g/mol. The molecular formula is C18H20N2O. The third-order valence-corrected chi connectivity index (χ3v) is 4.24. The van der Waals surface area contributed by atoms with E-state index >= 15 is 0 Å². The zero-order chi connectivity index (χ0) is 15.0. The fourth-order valence-corrected chi connectivity index (χ4v) is 2.84. The first-order valence-electron chi connectivity index (χ1n) is 7.28. The summed E-state index contributed by atoms with van der Waals surface area (Å²) in [5.41, 5.74) is 12.0. The van der Waals surface area contributed by atoms with Crippen molar-refractivity contribution in [3.8, 4) is 0 Å².